The molecule has 10 heavy (non-hydrogen) atoms. The van der Waals surface area contributed by atoms with Gasteiger partial charge in [0.05, 0.1) is 0 Å². The number of nitrogens with two attached hydrogens (primary N) is 1. The van der Waals surface area contributed by atoms with Crippen LogP contribution in [0.2, 0.25) is 0 Å². The third kappa shape index (κ3) is 1.07. The quantitative estimate of drug-likeness (QED) is 0.562. The van der Waals surface area contributed by atoms with Crippen LogP contribution < -0.4 is 11.2 Å². The summed E-state index contributed by atoms with van der Waals surface area (Å²) in [5, 5.41) is 3.76. The van der Waals surface area contributed by atoms with Crippen molar-refractivity contribution in [3.8, 4) is 0 Å². The predicted octanol–water partition coefficient (Wildman–Crippen LogP) is -0.845. The van der Waals surface area contributed by atoms with Crippen molar-refractivity contribution in [1.82, 2.24) is 9.89 Å². The number of aromatic nitrogens is 2. The zero-order chi connectivity index (χ0) is 7.56. The number of carbonyl (C=O) groups excluding carboxylic acids is 1. The summed E-state index contributed by atoms with van der Waals surface area (Å²) in [6, 6.07) is 1.54. The first kappa shape index (κ1) is 6.60. The van der Waals surface area contributed by atoms with Gasteiger partial charge >= 0.3 is 0 Å². The van der Waals surface area contributed by atoms with E-state index in [1.165, 1.54) is 4.79 Å². The van der Waals surface area contributed by atoms with E-state index in [1.54, 1.807) is 19.3 Å². The van der Waals surface area contributed by atoms with Gasteiger partial charge in [-0.15, -0.1) is 5.10 Å². The summed E-state index contributed by atoms with van der Waals surface area (Å²) < 4.78 is 0. The summed E-state index contributed by atoms with van der Waals surface area (Å²) in [6.07, 6.45) is 1.61. The lowest BCUT2D eigenvalue weighted by Crippen LogP contribution is -2.15. The monoisotopic (exact) mass is 140 g/mol. The normalized spacial score (nSPS) is 9.30. The summed E-state index contributed by atoms with van der Waals surface area (Å²) >= 11 is 0. The largest absolute Gasteiger partial charge is 0.364 e. The first-order chi connectivity index (χ1) is 4.74. The molecule has 0 aromatic carbocycles. The van der Waals surface area contributed by atoms with Crippen molar-refractivity contribution in [2.75, 3.05) is 12.5 Å². The molecule has 3 N–H and O–H groups in total. The van der Waals surface area contributed by atoms with Gasteiger partial charge in [0.25, 0.3) is 5.91 Å². The van der Waals surface area contributed by atoms with Crippen molar-refractivity contribution in [2.24, 2.45) is 5.73 Å². The zero-order valence-corrected chi connectivity index (χ0v) is 5.53. The van der Waals surface area contributed by atoms with Gasteiger partial charge in [0.2, 0.25) is 0 Å². The first-order valence-electron chi connectivity index (χ1n) is 2.77. The van der Waals surface area contributed by atoms with Crippen molar-refractivity contribution in [3.05, 3.63) is 18.0 Å². The highest BCUT2D eigenvalue weighted by Crippen LogP contribution is 1.90. The van der Waals surface area contributed by atoms with Crippen LogP contribution in [0, 0.1) is 0 Å². The molecule has 0 spiro atoms. The molecule has 5 heteroatoms. The van der Waals surface area contributed by atoms with Gasteiger partial charge in [-0.05, 0) is 6.07 Å². The molecule has 5 nitrogen and oxygen atoms in total. The lowest BCUT2D eigenvalue weighted by Gasteiger charge is -1.94. The average molecular weight is 140 g/mol. The number of hydrogen-bond donors (Lipinski definition) is 2. The Morgan fingerprint density at radius 1 is 1.90 bits per heavy atom. The van der Waals surface area contributed by atoms with Crippen LogP contribution in [0.1, 0.15) is 10.5 Å². The topological polar surface area (TPSA) is 72.9 Å². The summed E-state index contributed by atoms with van der Waals surface area (Å²) in [5.74, 6) is -0.519. The Labute approximate surface area is 57.8 Å². The minimum atomic E-state index is -0.519. The van der Waals surface area contributed by atoms with Crippen LogP contribution in [0.3, 0.4) is 0 Å². The standard InChI is InChI=1S/C5H8N4O/c1-7-9-3-2-4(8-9)5(6)10/h2-3,7H,1H3,(H2,6,10). The van der Waals surface area contributed by atoms with E-state index in [0.717, 1.165) is 0 Å². The maximum Gasteiger partial charge on any atom is 0.269 e. The third-order valence-electron chi connectivity index (χ3n) is 1.07. The van der Waals surface area contributed by atoms with Crippen LogP contribution >= 0.6 is 0 Å². The molecular formula is C5H8N4O. The minimum Gasteiger partial charge on any atom is -0.364 e. The molecule has 0 unspecified atom stereocenters. The van der Waals surface area contributed by atoms with Crippen LogP contribution in [-0.2, 0) is 0 Å². The fraction of sp³-hybridized carbons (Fsp3) is 0.200. The number of amides is 1. The highest BCUT2D eigenvalue weighted by Gasteiger charge is 2.01. The van der Waals surface area contributed by atoms with E-state index in [4.69, 9.17) is 5.73 Å². The van der Waals surface area contributed by atoms with Crippen molar-refractivity contribution in [3.63, 3.8) is 0 Å². The van der Waals surface area contributed by atoms with Gasteiger partial charge < -0.3 is 11.2 Å². The molecule has 0 saturated heterocycles. The maximum atomic E-state index is 10.4. The number of hydrogen-bond acceptors (Lipinski definition) is 3. The second kappa shape index (κ2) is 2.38. The Kier molecular flexibility index (Phi) is 1.57. The first-order valence-corrected chi connectivity index (χ1v) is 2.77. The van der Waals surface area contributed by atoms with Crippen molar-refractivity contribution in [2.45, 2.75) is 0 Å². The molecule has 1 heterocycles. The maximum absolute atomic E-state index is 10.4. The SMILES string of the molecule is CNn1ccc(C(N)=O)n1. The van der Waals surface area contributed by atoms with Crippen molar-refractivity contribution in [1.29, 1.82) is 0 Å². The summed E-state index contributed by atoms with van der Waals surface area (Å²) in [7, 11) is 1.69. The summed E-state index contributed by atoms with van der Waals surface area (Å²) in [6.45, 7) is 0. The van der Waals surface area contributed by atoms with Gasteiger partial charge in [-0.2, -0.15) is 4.79 Å². The molecule has 1 aromatic rings. The highest BCUT2D eigenvalue weighted by atomic mass is 16.1. The average Bonchev–Trinajstić information content (AvgIpc) is 2.34. The molecule has 0 atom stereocenters. The van der Waals surface area contributed by atoms with E-state index in [0.29, 0.717) is 0 Å². The van der Waals surface area contributed by atoms with Gasteiger partial charge in [-0.25, -0.2) is 0 Å². The fourth-order valence-corrected chi connectivity index (χ4v) is 0.580. The van der Waals surface area contributed by atoms with E-state index in [1.807, 2.05) is 0 Å². The zero-order valence-electron chi connectivity index (χ0n) is 5.53. The van der Waals surface area contributed by atoms with Crippen LogP contribution in [0.25, 0.3) is 0 Å². The third-order valence-corrected chi connectivity index (χ3v) is 1.07. The lowest BCUT2D eigenvalue weighted by atomic mass is 10.4. The van der Waals surface area contributed by atoms with Crippen LogP contribution in [0.5, 0.6) is 0 Å². The van der Waals surface area contributed by atoms with Gasteiger partial charge in [0.15, 0.2) is 5.69 Å². The molecule has 0 aliphatic heterocycles. The molecule has 0 aliphatic carbocycles. The number of nitrogens with one attached hydrogen (secondary N) is 1. The molecule has 54 valence electrons. The molecule has 0 radical (unpaired) electrons. The second-order valence-corrected chi connectivity index (χ2v) is 1.73. The Morgan fingerprint density at radius 2 is 2.60 bits per heavy atom. The van der Waals surface area contributed by atoms with Gasteiger partial charge in [-0.3, -0.25) is 4.79 Å². The molecule has 1 aromatic heterocycles. The smallest absolute Gasteiger partial charge is 0.269 e. The number of carbonyl (C=O) groups is 1. The van der Waals surface area contributed by atoms with E-state index in [-0.39, 0.29) is 5.69 Å². The van der Waals surface area contributed by atoms with E-state index in [2.05, 4.69) is 10.5 Å². The Bertz CT molecular complexity index is 242. The van der Waals surface area contributed by atoms with E-state index >= 15 is 0 Å². The Balaban J connectivity index is 2.88. The van der Waals surface area contributed by atoms with Crippen LogP contribution in [0.15, 0.2) is 12.3 Å². The highest BCUT2D eigenvalue weighted by molar-refractivity contribution is 5.90. The number of primary amides is 1. The van der Waals surface area contributed by atoms with E-state index in [9.17, 15) is 4.79 Å². The number of nitrogens with zero attached hydrogens (tertiary/aromatic N) is 2. The number of rotatable bonds is 2. The molecule has 0 bridgehead atoms. The molecule has 1 amide bonds. The van der Waals surface area contributed by atoms with Crippen LogP contribution in [-0.4, -0.2) is 22.8 Å². The van der Waals surface area contributed by atoms with Gasteiger partial charge in [0, 0.05) is 13.2 Å². The molecule has 1 rings (SSSR count). The summed E-state index contributed by atoms with van der Waals surface area (Å²) in [5.41, 5.74) is 7.90. The lowest BCUT2D eigenvalue weighted by molar-refractivity contribution is 0.0995. The second-order valence-electron chi connectivity index (χ2n) is 1.73. The fourth-order valence-electron chi connectivity index (χ4n) is 0.580. The minimum absolute atomic E-state index is 0.259. The molecule has 0 saturated carbocycles. The Morgan fingerprint density at radius 3 is 2.90 bits per heavy atom. The molecular weight excluding hydrogens is 132 g/mol. The van der Waals surface area contributed by atoms with E-state index < -0.39 is 5.91 Å². The van der Waals surface area contributed by atoms with Crippen molar-refractivity contribution >= 4 is 5.91 Å². The van der Waals surface area contributed by atoms with Gasteiger partial charge in [-0.1, -0.05) is 0 Å². The molecule has 0 fully saturated rings. The summed E-state index contributed by atoms with van der Waals surface area (Å²) in [4.78, 5) is 11.9. The van der Waals surface area contributed by atoms with Crippen molar-refractivity contribution < 1.29 is 4.79 Å². The molecule has 0 aliphatic rings. The van der Waals surface area contributed by atoms with Crippen LogP contribution in [0.4, 0.5) is 0 Å². The van der Waals surface area contributed by atoms with Gasteiger partial charge in [0.1, 0.15) is 0 Å². The predicted molar refractivity (Wildman–Crippen MR) is 36.0 cm³/mol. The Hall–Kier alpha value is -1.52.